The molecule has 3 rings (SSSR count). The van der Waals surface area contributed by atoms with E-state index in [4.69, 9.17) is 4.74 Å². The summed E-state index contributed by atoms with van der Waals surface area (Å²) in [4.78, 5) is 0. The molecule has 1 saturated heterocycles. The van der Waals surface area contributed by atoms with E-state index in [1.54, 1.807) is 7.11 Å². The molecule has 1 saturated carbocycles. The number of methoxy groups -OCH3 is 1. The summed E-state index contributed by atoms with van der Waals surface area (Å²) in [5.41, 5.74) is 4.53. The van der Waals surface area contributed by atoms with Gasteiger partial charge in [-0.2, -0.15) is 0 Å². The van der Waals surface area contributed by atoms with Gasteiger partial charge in [-0.1, -0.05) is 25.0 Å². The number of hydrogen-bond acceptors (Lipinski definition) is 2. The Hall–Kier alpha value is -1.02. The first kappa shape index (κ1) is 13.0. The fraction of sp³-hybridized carbons (Fsp3) is 0.647. The van der Waals surface area contributed by atoms with Crippen molar-refractivity contribution in [3.05, 3.63) is 28.8 Å². The molecule has 1 unspecified atom stereocenters. The minimum atomic E-state index is 0.535. The normalized spacial score (nSPS) is 25.1. The zero-order valence-corrected chi connectivity index (χ0v) is 12.4. The number of benzene rings is 1. The quantitative estimate of drug-likeness (QED) is 0.869. The van der Waals surface area contributed by atoms with Crippen molar-refractivity contribution in [2.75, 3.05) is 13.7 Å². The van der Waals surface area contributed by atoms with Gasteiger partial charge in [0.1, 0.15) is 5.75 Å². The van der Waals surface area contributed by atoms with Gasteiger partial charge in [-0.15, -0.1) is 0 Å². The molecule has 2 nitrogen and oxygen atoms in total. The second-order valence-electron chi connectivity index (χ2n) is 6.39. The van der Waals surface area contributed by atoms with Crippen LogP contribution in [0.4, 0.5) is 0 Å². The first-order chi connectivity index (χ1) is 9.16. The minimum Gasteiger partial charge on any atom is -0.496 e. The molecular formula is C17H25NO. The van der Waals surface area contributed by atoms with Crippen molar-refractivity contribution in [2.24, 2.45) is 5.41 Å². The molecule has 19 heavy (non-hydrogen) atoms. The average molecular weight is 259 g/mol. The van der Waals surface area contributed by atoms with Crippen LogP contribution in [0.15, 0.2) is 12.1 Å². The molecular weight excluding hydrogens is 234 g/mol. The smallest absolute Gasteiger partial charge is 0.124 e. The van der Waals surface area contributed by atoms with Gasteiger partial charge >= 0.3 is 0 Å². The molecule has 0 aromatic heterocycles. The van der Waals surface area contributed by atoms with Crippen LogP contribution in [0, 0.1) is 19.3 Å². The molecule has 0 bridgehead atoms. The van der Waals surface area contributed by atoms with Crippen LogP contribution < -0.4 is 10.1 Å². The van der Waals surface area contributed by atoms with Gasteiger partial charge in [0.05, 0.1) is 7.11 Å². The number of hydrogen-bond donors (Lipinski definition) is 1. The Morgan fingerprint density at radius 3 is 2.32 bits per heavy atom. The largest absolute Gasteiger partial charge is 0.496 e. The highest BCUT2D eigenvalue weighted by Gasteiger charge is 2.45. The molecule has 104 valence electrons. The van der Waals surface area contributed by atoms with Crippen LogP contribution >= 0.6 is 0 Å². The molecule has 1 aromatic carbocycles. The van der Waals surface area contributed by atoms with Crippen molar-refractivity contribution in [3.8, 4) is 5.75 Å². The number of ether oxygens (including phenoxy) is 1. The van der Waals surface area contributed by atoms with E-state index in [1.165, 1.54) is 55.3 Å². The summed E-state index contributed by atoms with van der Waals surface area (Å²) in [5, 5.41) is 3.76. The van der Waals surface area contributed by atoms with Gasteiger partial charge in [-0.05, 0) is 61.8 Å². The molecule has 2 heteroatoms. The second kappa shape index (κ2) is 4.82. The van der Waals surface area contributed by atoms with E-state index in [0.717, 1.165) is 5.75 Å². The fourth-order valence-electron chi connectivity index (χ4n) is 4.39. The Kier molecular flexibility index (Phi) is 3.30. The summed E-state index contributed by atoms with van der Waals surface area (Å²) in [6, 6.07) is 5.21. The first-order valence-electron chi connectivity index (χ1n) is 7.55. The van der Waals surface area contributed by atoms with Gasteiger partial charge in [0, 0.05) is 6.04 Å². The Bertz CT molecular complexity index is 446. The second-order valence-corrected chi connectivity index (χ2v) is 6.39. The lowest BCUT2D eigenvalue weighted by atomic mass is 9.75. The molecule has 2 aliphatic rings. The lowest BCUT2D eigenvalue weighted by molar-refractivity contribution is 0.258. The topological polar surface area (TPSA) is 21.3 Å². The van der Waals surface area contributed by atoms with Gasteiger partial charge in [0.25, 0.3) is 0 Å². The molecule has 0 radical (unpaired) electrons. The summed E-state index contributed by atoms with van der Waals surface area (Å²) in [6.07, 6.45) is 6.96. The molecule has 2 fully saturated rings. The molecule has 1 atom stereocenters. The van der Waals surface area contributed by atoms with Crippen molar-refractivity contribution in [1.29, 1.82) is 0 Å². The first-order valence-corrected chi connectivity index (χ1v) is 7.55. The highest BCUT2D eigenvalue weighted by atomic mass is 16.5. The average Bonchev–Trinajstić information content (AvgIpc) is 3.00. The maximum absolute atomic E-state index is 5.49. The van der Waals surface area contributed by atoms with Crippen LogP contribution in [0.5, 0.6) is 5.75 Å². The van der Waals surface area contributed by atoms with E-state index in [-0.39, 0.29) is 0 Å². The van der Waals surface area contributed by atoms with E-state index >= 15 is 0 Å². The lowest BCUT2D eigenvalue weighted by Crippen LogP contribution is -2.26. The minimum absolute atomic E-state index is 0.535. The summed E-state index contributed by atoms with van der Waals surface area (Å²) < 4.78 is 5.49. The standard InChI is InChI=1S/C17H25NO/c1-12-10-14(11-13(2)15(12)19-3)16-17(8-9-18-16)6-4-5-7-17/h10-11,16,18H,4-9H2,1-3H3. The van der Waals surface area contributed by atoms with E-state index < -0.39 is 0 Å². The van der Waals surface area contributed by atoms with Gasteiger partial charge in [-0.3, -0.25) is 0 Å². The van der Waals surface area contributed by atoms with E-state index in [9.17, 15) is 0 Å². The summed E-state index contributed by atoms with van der Waals surface area (Å²) in [6.45, 7) is 5.49. The van der Waals surface area contributed by atoms with Gasteiger partial charge < -0.3 is 10.1 Å². The van der Waals surface area contributed by atoms with Crippen molar-refractivity contribution in [3.63, 3.8) is 0 Å². The summed E-state index contributed by atoms with van der Waals surface area (Å²) >= 11 is 0. The molecule has 1 aliphatic carbocycles. The predicted molar refractivity (Wildman–Crippen MR) is 78.7 cm³/mol. The molecule has 1 N–H and O–H groups in total. The Balaban J connectivity index is 1.98. The van der Waals surface area contributed by atoms with Crippen LogP contribution in [-0.4, -0.2) is 13.7 Å². The van der Waals surface area contributed by atoms with Crippen molar-refractivity contribution in [2.45, 2.75) is 52.0 Å². The SMILES string of the molecule is COc1c(C)cc(C2NCCC23CCCC3)cc1C. The zero-order chi connectivity index (χ0) is 13.5. The Morgan fingerprint density at radius 1 is 1.11 bits per heavy atom. The third kappa shape index (κ3) is 2.06. The van der Waals surface area contributed by atoms with Gasteiger partial charge in [0.15, 0.2) is 0 Å². The van der Waals surface area contributed by atoms with Crippen LogP contribution in [0.3, 0.4) is 0 Å². The maximum atomic E-state index is 5.49. The zero-order valence-electron chi connectivity index (χ0n) is 12.4. The monoisotopic (exact) mass is 259 g/mol. The lowest BCUT2D eigenvalue weighted by Gasteiger charge is -2.31. The summed E-state index contributed by atoms with van der Waals surface area (Å²) in [7, 11) is 1.77. The van der Waals surface area contributed by atoms with Crippen molar-refractivity contribution >= 4 is 0 Å². The number of aryl methyl sites for hydroxylation is 2. The molecule has 1 spiro atoms. The maximum Gasteiger partial charge on any atom is 0.124 e. The fourth-order valence-corrected chi connectivity index (χ4v) is 4.39. The van der Waals surface area contributed by atoms with Crippen LogP contribution in [0.1, 0.15) is 54.8 Å². The van der Waals surface area contributed by atoms with Crippen LogP contribution in [0.25, 0.3) is 0 Å². The van der Waals surface area contributed by atoms with Crippen molar-refractivity contribution in [1.82, 2.24) is 5.32 Å². The molecule has 1 aliphatic heterocycles. The van der Waals surface area contributed by atoms with Crippen LogP contribution in [-0.2, 0) is 0 Å². The van der Waals surface area contributed by atoms with E-state index in [2.05, 4.69) is 31.3 Å². The highest BCUT2D eigenvalue weighted by molar-refractivity contribution is 5.45. The van der Waals surface area contributed by atoms with Gasteiger partial charge in [0.2, 0.25) is 0 Å². The predicted octanol–water partition coefficient (Wildman–Crippen LogP) is 3.91. The molecule has 1 heterocycles. The van der Waals surface area contributed by atoms with E-state index in [1.807, 2.05) is 0 Å². The van der Waals surface area contributed by atoms with Crippen molar-refractivity contribution < 1.29 is 4.74 Å². The Morgan fingerprint density at radius 2 is 1.74 bits per heavy atom. The third-order valence-electron chi connectivity index (χ3n) is 5.20. The van der Waals surface area contributed by atoms with Gasteiger partial charge in [-0.25, -0.2) is 0 Å². The van der Waals surface area contributed by atoms with Crippen LogP contribution in [0.2, 0.25) is 0 Å². The Labute approximate surface area is 116 Å². The number of nitrogens with one attached hydrogen (secondary N) is 1. The number of rotatable bonds is 2. The third-order valence-corrected chi connectivity index (χ3v) is 5.20. The molecule has 1 aromatic rings. The highest BCUT2D eigenvalue weighted by Crippen LogP contribution is 2.53. The molecule has 0 amide bonds. The summed E-state index contributed by atoms with van der Waals surface area (Å²) in [5.74, 6) is 1.04. The van der Waals surface area contributed by atoms with E-state index in [0.29, 0.717) is 11.5 Å².